The third-order valence-corrected chi connectivity index (χ3v) is 9.64. The summed E-state index contributed by atoms with van der Waals surface area (Å²) in [6.45, 7) is 6.07. The molecule has 0 bridgehead atoms. The summed E-state index contributed by atoms with van der Waals surface area (Å²) in [5.74, 6) is -2.19. The number of nitrogens with zero attached hydrogens (tertiary/aromatic N) is 3. The number of rotatable bonds is 7. The minimum absolute atomic E-state index is 0.152. The zero-order valence-corrected chi connectivity index (χ0v) is 25.1. The van der Waals surface area contributed by atoms with E-state index in [-0.39, 0.29) is 36.8 Å². The van der Waals surface area contributed by atoms with E-state index < -0.39 is 35.1 Å². The number of ether oxygens (including phenoxy) is 2. The van der Waals surface area contributed by atoms with Gasteiger partial charge in [0.05, 0.1) is 37.2 Å². The second-order valence-corrected chi connectivity index (χ2v) is 12.1. The summed E-state index contributed by atoms with van der Waals surface area (Å²) < 4.78 is 12.4. The number of likely N-dealkylation sites (tertiary alicyclic amines) is 1. The molecule has 4 aliphatic rings. The van der Waals surface area contributed by atoms with Crippen molar-refractivity contribution in [3.8, 4) is 5.75 Å². The lowest BCUT2D eigenvalue weighted by Gasteiger charge is -2.41. The van der Waals surface area contributed by atoms with Gasteiger partial charge in [0.25, 0.3) is 5.91 Å². The smallest absolute Gasteiger partial charge is 0.253 e. The van der Waals surface area contributed by atoms with Gasteiger partial charge in [-0.25, -0.2) is 0 Å². The largest absolute Gasteiger partial charge is 0.497 e. The van der Waals surface area contributed by atoms with Gasteiger partial charge < -0.3 is 29.3 Å². The number of hydrogen-bond donors (Lipinski definition) is 1. The average molecular weight is 586 g/mol. The van der Waals surface area contributed by atoms with Crippen LogP contribution in [0.1, 0.15) is 27.2 Å². The van der Waals surface area contributed by atoms with Crippen molar-refractivity contribution in [2.75, 3.05) is 36.6 Å². The van der Waals surface area contributed by atoms with Crippen LogP contribution in [-0.4, -0.2) is 77.8 Å². The van der Waals surface area contributed by atoms with Crippen LogP contribution in [0.5, 0.6) is 5.75 Å². The first-order chi connectivity index (χ1) is 20.7. The Morgan fingerprint density at radius 2 is 1.51 bits per heavy atom. The Bertz CT molecular complexity index is 1460. The molecule has 6 atom stereocenters. The van der Waals surface area contributed by atoms with Crippen molar-refractivity contribution < 1.29 is 29.0 Å². The van der Waals surface area contributed by atoms with Crippen LogP contribution in [-0.2, 0) is 19.1 Å². The van der Waals surface area contributed by atoms with Gasteiger partial charge in [0, 0.05) is 24.5 Å². The molecule has 3 amide bonds. The van der Waals surface area contributed by atoms with E-state index in [1.54, 1.807) is 29.0 Å². The van der Waals surface area contributed by atoms with Gasteiger partial charge in [0.1, 0.15) is 17.4 Å². The first-order valence-electron chi connectivity index (χ1n) is 15.0. The fourth-order valence-corrected chi connectivity index (χ4v) is 7.51. The molecule has 0 aliphatic carbocycles. The summed E-state index contributed by atoms with van der Waals surface area (Å²) in [6.07, 6.45) is 8.01. The van der Waals surface area contributed by atoms with Crippen LogP contribution >= 0.6 is 0 Å². The van der Waals surface area contributed by atoms with Gasteiger partial charge in [-0.05, 0) is 48.7 Å². The number of para-hydroxylation sites is 1. The third kappa shape index (κ3) is 4.32. The monoisotopic (exact) mass is 585 g/mol. The maximum atomic E-state index is 14.8. The Balaban J connectivity index is 1.51. The molecule has 2 fully saturated rings. The molecule has 4 aliphatic heterocycles. The van der Waals surface area contributed by atoms with Gasteiger partial charge in [-0.15, -0.1) is 0 Å². The van der Waals surface area contributed by atoms with Crippen LogP contribution in [0.2, 0.25) is 0 Å². The van der Waals surface area contributed by atoms with Crippen molar-refractivity contribution >= 4 is 29.1 Å². The van der Waals surface area contributed by atoms with Crippen LogP contribution < -0.4 is 14.5 Å². The molecule has 1 unspecified atom stereocenters. The molecule has 1 N–H and O–H groups in total. The van der Waals surface area contributed by atoms with Crippen molar-refractivity contribution in [1.82, 2.24) is 4.90 Å². The van der Waals surface area contributed by atoms with E-state index >= 15 is 0 Å². The van der Waals surface area contributed by atoms with E-state index in [4.69, 9.17) is 9.47 Å². The molecule has 1 spiro atoms. The van der Waals surface area contributed by atoms with E-state index in [2.05, 4.69) is 0 Å². The Kier molecular flexibility index (Phi) is 7.42. The Morgan fingerprint density at radius 1 is 0.884 bits per heavy atom. The van der Waals surface area contributed by atoms with Crippen LogP contribution in [0.4, 0.5) is 11.4 Å². The van der Waals surface area contributed by atoms with Gasteiger partial charge in [-0.3, -0.25) is 14.4 Å². The topological polar surface area (TPSA) is 99.6 Å². The van der Waals surface area contributed by atoms with E-state index in [1.165, 1.54) is 4.90 Å². The van der Waals surface area contributed by atoms with Crippen molar-refractivity contribution in [3.63, 3.8) is 0 Å². The molecule has 0 aromatic heterocycles. The van der Waals surface area contributed by atoms with Crippen LogP contribution in [0.15, 0.2) is 78.9 Å². The predicted octanol–water partition coefficient (Wildman–Crippen LogP) is 3.58. The number of carbonyl (C=O) groups excluding carboxylic acids is 3. The molecule has 9 heteroatoms. The molecule has 4 heterocycles. The molecule has 9 nitrogen and oxygen atoms in total. The first-order valence-corrected chi connectivity index (χ1v) is 15.0. The van der Waals surface area contributed by atoms with Crippen molar-refractivity contribution in [1.29, 1.82) is 0 Å². The lowest BCUT2D eigenvalue weighted by atomic mass is 9.73. The number of aliphatic hydroxyl groups is 1. The van der Waals surface area contributed by atoms with Gasteiger partial charge in [-0.1, -0.05) is 63.3 Å². The standard InChI is InChI=1S/C34H39N3O6/c1-5-33-17-9-19-35(23-11-7-6-8-12-23)30(39)27(33)28-31(40)37(26(21-38)22(2)3)29-32(41)36(20-10-18-34(28,29)43-33)24-13-15-25(42-4)16-14-24/h6-18,22,26-29,38H,5,19-21H2,1-4H3/t26-,27-,28-,29?,33+,34-/m0/s1. The average Bonchev–Trinajstić information content (AvgIpc) is 3.30. The highest BCUT2D eigenvalue weighted by molar-refractivity contribution is 6.07. The van der Waals surface area contributed by atoms with Gasteiger partial charge in [0.15, 0.2) is 0 Å². The number of aliphatic hydroxyl groups excluding tert-OH is 1. The maximum absolute atomic E-state index is 14.8. The first kappa shape index (κ1) is 29.1. The minimum atomic E-state index is -1.40. The number of carbonyl (C=O) groups is 3. The number of hydrogen-bond acceptors (Lipinski definition) is 6. The van der Waals surface area contributed by atoms with Crippen molar-refractivity contribution in [2.24, 2.45) is 17.8 Å². The highest BCUT2D eigenvalue weighted by atomic mass is 16.5. The summed E-state index contributed by atoms with van der Waals surface area (Å²) in [5, 5.41) is 10.6. The van der Waals surface area contributed by atoms with Crippen LogP contribution in [0.3, 0.4) is 0 Å². The molecule has 43 heavy (non-hydrogen) atoms. The fraction of sp³-hybridized carbons (Fsp3) is 0.441. The predicted molar refractivity (Wildman–Crippen MR) is 163 cm³/mol. The van der Waals surface area contributed by atoms with Gasteiger partial charge in [0.2, 0.25) is 11.8 Å². The molecule has 0 saturated carbocycles. The summed E-state index contributed by atoms with van der Waals surface area (Å²) in [6, 6.07) is 14.9. The second-order valence-electron chi connectivity index (χ2n) is 12.1. The number of methoxy groups -OCH3 is 1. The summed E-state index contributed by atoms with van der Waals surface area (Å²) in [7, 11) is 1.58. The molecule has 226 valence electrons. The number of benzene rings is 2. The number of amides is 3. The van der Waals surface area contributed by atoms with Gasteiger partial charge >= 0.3 is 0 Å². The minimum Gasteiger partial charge on any atom is -0.497 e. The summed E-state index contributed by atoms with van der Waals surface area (Å²) >= 11 is 0. The molecule has 2 aromatic carbocycles. The molecular weight excluding hydrogens is 546 g/mol. The fourth-order valence-electron chi connectivity index (χ4n) is 7.51. The third-order valence-electron chi connectivity index (χ3n) is 9.64. The normalized spacial score (nSPS) is 30.7. The van der Waals surface area contributed by atoms with E-state index in [9.17, 15) is 19.5 Å². The molecule has 6 rings (SSSR count). The molecule has 2 aromatic rings. The zero-order chi connectivity index (χ0) is 30.5. The zero-order valence-electron chi connectivity index (χ0n) is 25.1. The van der Waals surface area contributed by atoms with Crippen molar-refractivity contribution in [2.45, 2.75) is 50.5 Å². The maximum Gasteiger partial charge on any atom is 0.253 e. The lowest BCUT2D eigenvalue weighted by molar-refractivity contribution is -0.150. The lowest BCUT2D eigenvalue weighted by Crippen LogP contribution is -2.60. The Morgan fingerprint density at radius 3 is 2.12 bits per heavy atom. The Labute approximate surface area is 252 Å². The Hall–Kier alpha value is -3.95. The summed E-state index contributed by atoms with van der Waals surface area (Å²) in [4.78, 5) is 49.0. The molecule has 0 radical (unpaired) electrons. The number of fused-ring (bicyclic) bond motifs is 2. The highest BCUT2D eigenvalue weighted by Gasteiger charge is 2.76. The van der Waals surface area contributed by atoms with Crippen LogP contribution in [0.25, 0.3) is 0 Å². The van der Waals surface area contributed by atoms with Gasteiger partial charge in [-0.2, -0.15) is 0 Å². The summed E-state index contributed by atoms with van der Waals surface area (Å²) in [5.41, 5.74) is -1.11. The van der Waals surface area contributed by atoms with Crippen molar-refractivity contribution in [3.05, 3.63) is 78.9 Å². The van der Waals surface area contributed by atoms with E-state index in [0.29, 0.717) is 24.4 Å². The highest BCUT2D eigenvalue weighted by Crippen LogP contribution is 2.59. The van der Waals surface area contributed by atoms with E-state index in [1.807, 2.05) is 87.5 Å². The molecular formula is C34H39N3O6. The SMILES string of the molecule is CC[C@@]12C=CCN(c3ccccc3)C(=O)[C@@H]1[C@H]1C(=O)N([C@@H](CO)C(C)C)C3C(=O)N(c4ccc(OC)cc4)CC=C[C@@]31O2. The number of anilines is 2. The molecule has 2 saturated heterocycles. The second kappa shape index (κ2) is 11.0. The quantitative estimate of drug-likeness (QED) is 0.499. The van der Waals surface area contributed by atoms with E-state index in [0.717, 1.165) is 5.69 Å². The van der Waals surface area contributed by atoms with Crippen LogP contribution in [0, 0.1) is 17.8 Å².